The van der Waals surface area contributed by atoms with Crippen molar-refractivity contribution in [1.82, 2.24) is 4.90 Å². The topological polar surface area (TPSA) is 55.8 Å². The van der Waals surface area contributed by atoms with Crippen LogP contribution in [0, 0.1) is 31.1 Å². The van der Waals surface area contributed by atoms with Crippen molar-refractivity contribution in [3.05, 3.63) is 52.4 Å². The Kier molecular flexibility index (Phi) is 6.55. The SMILES string of the molecule is CC#Cc1cc(C)c(C2=C(OC)CC3(C=CN(C(=O)OC(C)(C)C)CC3)CC2=O)c(C)c1. The third kappa shape index (κ3) is 4.91. The zero-order valence-corrected chi connectivity index (χ0v) is 20.2. The standard InChI is InChI=1S/C27H33NO4/c1-8-9-20-14-18(2)23(19(3)15-20)24-21(29)16-27(17-22(24)31-7)10-12-28(13-11-27)25(30)32-26(4,5)6/h10,12,14-15H,11,13,16-17H2,1-7H3. The minimum Gasteiger partial charge on any atom is -0.500 e. The van der Waals surface area contributed by atoms with E-state index in [1.807, 2.05) is 59.8 Å². The number of carbonyl (C=O) groups is 2. The Morgan fingerprint density at radius 1 is 1.16 bits per heavy atom. The summed E-state index contributed by atoms with van der Waals surface area (Å²) in [6.45, 7) is 11.9. The normalized spacial score (nSPS) is 20.8. The van der Waals surface area contributed by atoms with Gasteiger partial charge >= 0.3 is 6.09 Å². The van der Waals surface area contributed by atoms with E-state index in [0.717, 1.165) is 22.3 Å². The van der Waals surface area contributed by atoms with Crippen LogP contribution in [-0.2, 0) is 14.3 Å². The quantitative estimate of drug-likeness (QED) is 0.573. The molecule has 0 radical (unpaired) electrons. The molecule has 1 heterocycles. The summed E-state index contributed by atoms with van der Waals surface area (Å²) in [5, 5.41) is 0. The summed E-state index contributed by atoms with van der Waals surface area (Å²) in [7, 11) is 1.63. The summed E-state index contributed by atoms with van der Waals surface area (Å²) in [5.41, 5.74) is 3.71. The smallest absolute Gasteiger partial charge is 0.414 e. The molecule has 1 unspecified atom stereocenters. The lowest BCUT2D eigenvalue weighted by atomic mass is 9.68. The van der Waals surface area contributed by atoms with E-state index >= 15 is 0 Å². The van der Waals surface area contributed by atoms with Crippen LogP contribution < -0.4 is 0 Å². The van der Waals surface area contributed by atoms with Gasteiger partial charge in [-0.1, -0.05) is 12.0 Å². The van der Waals surface area contributed by atoms with E-state index in [1.165, 1.54) is 0 Å². The Morgan fingerprint density at radius 2 is 1.81 bits per heavy atom. The molecule has 2 aliphatic rings. The molecule has 3 rings (SSSR count). The number of Topliss-reactive ketones (excluding diaryl/α,β-unsaturated/α-hetero) is 1. The molecule has 0 fully saturated rings. The van der Waals surface area contributed by atoms with E-state index < -0.39 is 5.60 Å². The van der Waals surface area contributed by atoms with Crippen LogP contribution in [0.4, 0.5) is 4.79 Å². The zero-order chi connectivity index (χ0) is 23.7. The fraction of sp³-hybridized carbons (Fsp3) is 0.481. The second-order valence-corrected chi connectivity index (χ2v) is 9.74. The first-order valence-corrected chi connectivity index (χ1v) is 11.0. The van der Waals surface area contributed by atoms with Crippen LogP contribution in [0.2, 0.25) is 0 Å². The molecule has 1 aromatic rings. The number of rotatable bonds is 2. The summed E-state index contributed by atoms with van der Waals surface area (Å²) < 4.78 is 11.2. The molecule has 5 heteroatoms. The molecular weight excluding hydrogens is 402 g/mol. The predicted octanol–water partition coefficient (Wildman–Crippen LogP) is 5.54. The van der Waals surface area contributed by atoms with Crippen molar-refractivity contribution in [2.45, 2.75) is 66.4 Å². The third-order valence-corrected chi connectivity index (χ3v) is 5.97. The number of allylic oxidation sites excluding steroid dienone is 3. The molecule has 0 saturated heterocycles. The van der Waals surface area contributed by atoms with Crippen molar-refractivity contribution in [2.24, 2.45) is 5.41 Å². The average molecular weight is 436 g/mol. The average Bonchev–Trinajstić information content (AvgIpc) is 2.68. The van der Waals surface area contributed by atoms with Crippen LogP contribution in [0.15, 0.2) is 30.2 Å². The van der Waals surface area contributed by atoms with Gasteiger partial charge in [0.2, 0.25) is 0 Å². The van der Waals surface area contributed by atoms with Crippen LogP contribution in [0.5, 0.6) is 0 Å². The number of benzene rings is 1. The first-order chi connectivity index (χ1) is 15.0. The van der Waals surface area contributed by atoms with Crippen molar-refractivity contribution in [2.75, 3.05) is 13.7 Å². The molecule has 1 aliphatic carbocycles. The van der Waals surface area contributed by atoms with Crippen LogP contribution >= 0.6 is 0 Å². The predicted molar refractivity (Wildman–Crippen MR) is 126 cm³/mol. The van der Waals surface area contributed by atoms with Crippen LogP contribution in [-0.4, -0.2) is 36.0 Å². The highest BCUT2D eigenvalue weighted by Gasteiger charge is 2.42. The maximum atomic E-state index is 13.5. The summed E-state index contributed by atoms with van der Waals surface area (Å²) in [4.78, 5) is 27.4. The monoisotopic (exact) mass is 435 g/mol. The molecule has 1 amide bonds. The van der Waals surface area contributed by atoms with Crippen LogP contribution in [0.1, 0.15) is 69.2 Å². The number of ether oxygens (including phenoxy) is 2. The van der Waals surface area contributed by atoms with E-state index in [-0.39, 0.29) is 17.3 Å². The number of aryl methyl sites for hydroxylation is 2. The Bertz CT molecular complexity index is 1040. The summed E-state index contributed by atoms with van der Waals surface area (Å²) in [5.74, 6) is 6.81. The van der Waals surface area contributed by atoms with Crippen molar-refractivity contribution in [1.29, 1.82) is 0 Å². The zero-order valence-electron chi connectivity index (χ0n) is 20.2. The fourth-order valence-electron chi connectivity index (χ4n) is 4.58. The Labute approximate surface area is 191 Å². The summed E-state index contributed by atoms with van der Waals surface area (Å²) in [6.07, 6.45) is 5.07. The molecule has 5 nitrogen and oxygen atoms in total. The van der Waals surface area contributed by atoms with Crippen LogP contribution in [0.25, 0.3) is 5.57 Å². The molecule has 1 spiro atoms. The molecule has 32 heavy (non-hydrogen) atoms. The lowest BCUT2D eigenvalue weighted by Gasteiger charge is -2.40. The molecular formula is C27H33NO4. The maximum Gasteiger partial charge on any atom is 0.414 e. The van der Waals surface area contributed by atoms with Gasteiger partial charge in [0.1, 0.15) is 11.4 Å². The largest absolute Gasteiger partial charge is 0.500 e. The van der Waals surface area contributed by atoms with Crippen molar-refractivity contribution in [3.63, 3.8) is 0 Å². The Hall–Kier alpha value is -3.00. The fourth-order valence-corrected chi connectivity index (χ4v) is 4.58. The van der Waals surface area contributed by atoms with Gasteiger partial charge in [-0.2, -0.15) is 0 Å². The van der Waals surface area contributed by atoms with Crippen molar-refractivity contribution in [3.8, 4) is 11.8 Å². The number of amides is 1. The highest BCUT2D eigenvalue weighted by atomic mass is 16.6. The van der Waals surface area contributed by atoms with Gasteiger partial charge in [-0.15, -0.1) is 5.92 Å². The van der Waals surface area contributed by atoms with Gasteiger partial charge < -0.3 is 9.47 Å². The van der Waals surface area contributed by atoms with Gasteiger partial charge in [-0.3, -0.25) is 9.69 Å². The first kappa shape index (κ1) is 23.7. The highest BCUT2D eigenvalue weighted by Crippen LogP contribution is 2.47. The van der Waals surface area contributed by atoms with Crippen molar-refractivity contribution >= 4 is 17.4 Å². The number of hydrogen-bond donors (Lipinski definition) is 0. The number of ketones is 1. The molecule has 1 aliphatic heterocycles. The van der Waals surface area contributed by atoms with E-state index in [2.05, 4.69) is 11.8 Å². The first-order valence-electron chi connectivity index (χ1n) is 11.0. The molecule has 0 bridgehead atoms. The van der Waals surface area contributed by atoms with Crippen molar-refractivity contribution < 1.29 is 19.1 Å². The second kappa shape index (κ2) is 8.86. The van der Waals surface area contributed by atoms with Gasteiger partial charge in [0.25, 0.3) is 0 Å². The molecule has 170 valence electrons. The van der Waals surface area contributed by atoms with Gasteiger partial charge in [0.15, 0.2) is 5.78 Å². The lowest BCUT2D eigenvalue weighted by molar-refractivity contribution is -0.116. The number of methoxy groups -OCH3 is 1. The minimum atomic E-state index is -0.546. The van der Waals surface area contributed by atoms with E-state index in [4.69, 9.17) is 9.47 Å². The van der Waals surface area contributed by atoms with Gasteiger partial charge in [-0.05, 0) is 76.8 Å². The number of carbonyl (C=O) groups excluding carboxylic acids is 2. The van der Waals surface area contributed by atoms with E-state index in [9.17, 15) is 9.59 Å². The summed E-state index contributed by atoms with van der Waals surface area (Å²) >= 11 is 0. The number of nitrogens with zero attached hydrogens (tertiary/aromatic N) is 1. The maximum absolute atomic E-state index is 13.5. The van der Waals surface area contributed by atoms with Gasteiger partial charge in [0.05, 0.1) is 12.7 Å². The van der Waals surface area contributed by atoms with Crippen LogP contribution in [0.3, 0.4) is 0 Å². The molecule has 1 atom stereocenters. The number of hydrogen-bond acceptors (Lipinski definition) is 4. The third-order valence-electron chi connectivity index (χ3n) is 5.97. The lowest BCUT2D eigenvalue weighted by Crippen LogP contribution is -2.41. The summed E-state index contributed by atoms with van der Waals surface area (Å²) in [6, 6.07) is 4.05. The minimum absolute atomic E-state index is 0.0731. The molecule has 0 saturated carbocycles. The van der Waals surface area contributed by atoms with E-state index in [1.54, 1.807) is 18.2 Å². The Balaban J connectivity index is 1.93. The highest BCUT2D eigenvalue weighted by molar-refractivity contribution is 6.23. The van der Waals surface area contributed by atoms with Gasteiger partial charge in [-0.25, -0.2) is 4.79 Å². The Morgan fingerprint density at radius 3 is 2.31 bits per heavy atom. The van der Waals surface area contributed by atoms with Gasteiger partial charge in [0, 0.05) is 36.6 Å². The molecule has 0 aromatic heterocycles. The second-order valence-electron chi connectivity index (χ2n) is 9.74. The van der Waals surface area contributed by atoms with E-state index in [0.29, 0.717) is 37.1 Å². The molecule has 1 aromatic carbocycles. The molecule has 0 N–H and O–H groups in total.